The third kappa shape index (κ3) is 19.5. The van der Waals surface area contributed by atoms with Crippen molar-refractivity contribution in [1.29, 1.82) is 0 Å². The van der Waals surface area contributed by atoms with Crippen molar-refractivity contribution in [2.45, 2.75) is 95.9 Å². The average Bonchev–Trinajstić information content (AvgIpc) is 3.41. The normalized spacial score (nSPS) is 18.8. The summed E-state index contributed by atoms with van der Waals surface area (Å²) in [4.78, 5) is 66.4. The van der Waals surface area contributed by atoms with E-state index in [1.165, 1.54) is 0 Å². The number of nitrogens with one attached hydrogen (secondary N) is 1. The summed E-state index contributed by atoms with van der Waals surface area (Å²) in [5.74, 6) is -0.948. The lowest BCUT2D eigenvalue weighted by Crippen LogP contribution is -2.26. The van der Waals surface area contributed by atoms with Crippen LogP contribution in [0.15, 0.2) is 54.6 Å². The summed E-state index contributed by atoms with van der Waals surface area (Å²) in [6, 6.07) is 9.70. The number of nitrogens with zero attached hydrogens (tertiary/aromatic N) is 2. The molecule has 1 aromatic rings. The number of benzene rings is 1. The number of hydrogen-bond donors (Lipinski definition) is 2. The molecular weight excluding hydrogens is 686 g/mol. The maximum absolute atomic E-state index is 12.7. The van der Waals surface area contributed by atoms with Crippen molar-refractivity contribution in [3.8, 4) is 0 Å². The number of rotatable bonds is 26. The lowest BCUT2D eigenvalue weighted by Gasteiger charge is -2.23. The lowest BCUT2D eigenvalue weighted by molar-refractivity contribution is -0.757. The summed E-state index contributed by atoms with van der Waals surface area (Å²) in [5, 5.41) is 32.4. The largest absolute Gasteiger partial charge is 0.508 e. The van der Waals surface area contributed by atoms with Gasteiger partial charge in [-0.05, 0) is 70.3 Å². The molecule has 2 N–H and O–H groups in total. The van der Waals surface area contributed by atoms with Gasteiger partial charge in [0.2, 0.25) is 5.91 Å². The second kappa shape index (κ2) is 25.9. The molecule has 52 heavy (non-hydrogen) atoms. The molecule has 17 nitrogen and oxygen atoms in total. The Kier molecular flexibility index (Phi) is 21.6. The summed E-state index contributed by atoms with van der Waals surface area (Å²) in [6.07, 6.45) is 7.33. The fraction of sp³-hybridized carbons (Fsp3) is 0.629. The molecule has 1 fully saturated rings. The number of aliphatic hydroxyl groups excluding tert-OH is 1. The van der Waals surface area contributed by atoms with E-state index < -0.39 is 52.6 Å². The molecule has 0 aromatic heterocycles. The second-order valence-corrected chi connectivity index (χ2v) is 12.0. The quantitative estimate of drug-likeness (QED) is 0.0397. The van der Waals surface area contributed by atoms with Crippen LogP contribution in [-0.4, -0.2) is 84.8 Å². The topological polar surface area (TPSA) is 225 Å². The van der Waals surface area contributed by atoms with Crippen molar-refractivity contribution in [2.75, 3.05) is 33.0 Å². The van der Waals surface area contributed by atoms with Crippen LogP contribution in [0.25, 0.3) is 0 Å². The standard InChI is InChI=1S/C35H51N3O14/c1-2-36-33(40)17-9-4-3-8-16-29-30(21-20-28(39)19-18-27-14-6-5-7-15-27)32(52-35(42)48-23-11-13-25-50-38(45)46)26-31(29)51-34(41)47-22-10-12-24-49-37(43)44/h3,5-8,14-15,20-21,28-32,39H,2,4,9-13,16-19,22-26H2,1H3,(H,36,40)/t28-,29+,30+,31-,32+/m0/s1. The van der Waals surface area contributed by atoms with Gasteiger partial charge in [-0.15, -0.1) is 20.2 Å². The zero-order chi connectivity index (χ0) is 38.0. The van der Waals surface area contributed by atoms with Gasteiger partial charge in [0, 0.05) is 31.2 Å². The molecule has 5 atom stereocenters. The van der Waals surface area contributed by atoms with Crippen molar-refractivity contribution in [3.05, 3.63) is 80.4 Å². The van der Waals surface area contributed by atoms with Gasteiger partial charge in [-0.3, -0.25) is 4.79 Å². The van der Waals surface area contributed by atoms with E-state index in [0.717, 1.165) is 5.56 Å². The Morgan fingerprint density at radius 1 is 0.885 bits per heavy atom. The SMILES string of the molecule is CCNC(=O)CCCC=CC[C@@H]1[C@@H](C=C[C@@H](O)CCc2ccccc2)[C@H](OC(=O)OCCCCO[N+](=O)[O-])C[C@@H]1OC(=O)OCCCCO[N+](=O)[O-]. The highest BCUT2D eigenvalue weighted by atomic mass is 17.0. The van der Waals surface area contributed by atoms with Gasteiger partial charge in [-0.1, -0.05) is 54.6 Å². The Bertz CT molecular complexity index is 1280. The Balaban J connectivity index is 2.15. The molecule has 1 aliphatic rings. The molecule has 0 spiro atoms. The predicted molar refractivity (Wildman–Crippen MR) is 185 cm³/mol. The van der Waals surface area contributed by atoms with Crippen LogP contribution in [-0.2, 0) is 39.8 Å². The minimum atomic E-state index is -0.969. The van der Waals surface area contributed by atoms with E-state index in [0.29, 0.717) is 57.9 Å². The van der Waals surface area contributed by atoms with E-state index in [9.17, 15) is 39.7 Å². The van der Waals surface area contributed by atoms with Crippen molar-refractivity contribution in [1.82, 2.24) is 5.32 Å². The molecular formula is C35H51N3O14. The van der Waals surface area contributed by atoms with E-state index in [2.05, 4.69) is 15.0 Å². The third-order valence-corrected chi connectivity index (χ3v) is 8.12. The van der Waals surface area contributed by atoms with Gasteiger partial charge < -0.3 is 39.0 Å². The maximum atomic E-state index is 12.7. The van der Waals surface area contributed by atoms with Crippen LogP contribution in [0.2, 0.25) is 0 Å². The Labute approximate surface area is 302 Å². The number of carbonyl (C=O) groups is 3. The molecule has 2 rings (SSSR count). The van der Waals surface area contributed by atoms with Gasteiger partial charge >= 0.3 is 12.3 Å². The van der Waals surface area contributed by atoms with Crippen molar-refractivity contribution < 1.29 is 58.3 Å². The molecule has 0 heterocycles. The summed E-state index contributed by atoms with van der Waals surface area (Å²) in [5.41, 5.74) is 1.07. The molecule has 17 heteroatoms. The summed E-state index contributed by atoms with van der Waals surface area (Å²) < 4.78 is 21.8. The predicted octanol–water partition coefficient (Wildman–Crippen LogP) is 5.45. The molecule has 1 aromatic carbocycles. The minimum Gasteiger partial charge on any atom is -0.434 e. The van der Waals surface area contributed by atoms with Gasteiger partial charge in [0.05, 0.1) is 32.5 Å². The fourth-order valence-electron chi connectivity index (χ4n) is 5.58. The van der Waals surface area contributed by atoms with Crippen molar-refractivity contribution in [2.24, 2.45) is 11.8 Å². The number of carbonyl (C=O) groups excluding carboxylic acids is 3. The summed E-state index contributed by atoms with van der Waals surface area (Å²) in [6.45, 7) is 2.01. The van der Waals surface area contributed by atoms with E-state index in [-0.39, 0.29) is 51.6 Å². The first kappa shape index (κ1) is 43.2. The van der Waals surface area contributed by atoms with E-state index in [1.54, 1.807) is 12.2 Å². The Morgan fingerprint density at radius 2 is 1.48 bits per heavy atom. The van der Waals surface area contributed by atoms with E-state index >= 15 is 0 Å². The Hall–Kier alpha value is -4.93. The molecule has 1 saturated carbocycles. The van der Waals surface area contributed by atoms with Crippen LogP contribution in [0.3, 0.4) is 0 Å². The Morgan fingerprint density at radius 3 is 2.08 bits per heavy atom. The average molecular weight is 738 g/mol. The monoisotopic (exact) mass is 737 g/mol. The maximum Gasteiger partial charge on any atom is 0.508 e. The van der Waals surface area contributed by atoms with Crippen LogP contribution < -0.4 is 5.32 Å². The molecule has 0 aliphatic heterocycles. The minimum absolute atomic E-state index is 0.0308. The summed E-state index contributed by atoms with van der Waals surface area (Å²) in [7, 11) is 0. The van der Waals surface area contributed by atoms with Crippen LogP contribution in [0.5, 0.6) is 0 Å². The molecule has 0 radical (unpaired) electrons. The highest BCUT2D eigenvalue weighted by Crippen LogP contribution is 2.40. The van der Waals surface area contributed by atoms with Gasteiger partial charge in [-0.2, -0.15) is 0 Å². The number of hydrogen-bond acceptors (Lipinski definition) is 14. The highest BCUT2D eigenvalue weighted by molar-refractivity contribution is 5.75. The van der Waals surface area contributed by atoms with E-state index in [1.807, 2.05) is 49.4 Å². The zero-order valence-corrected chi connectivity index (χ0v) is 29.5. The van der Waals surface area contributed by atoms with Gasteiger partial charge in [0.1, 0.15) is 12.2 Å². The molecule has 0 unspecified atom stereocenters. The fourth-order valence-corrected chi connectivity index (χ4v) is 5.58. The van der Waals surface area contributed by atoms with Gasteiger partial charge in [0.15, 0.2) is 0 Å². The first-order valence-electron chi connectivity index (χ1n) is 17.6. The number of unbranched alkanes of at least 4 members (excludes halogenated alkanes) is 3. The zero-order valence-electron chi connectivity index (χ0n) is 29.5. The number of amides is 1. The smallest absolute Gasteiger partial charge is 0.434 e. The van der Waals surface area contributed by atoms with Crippen molar-refractivity contribution in [3.63, 3.8) is 0 Å². The van der Waals surface area contributed by atoms with Gasteiger partial charge in [-0.25, -0.2) is 9.59 Å². The van der Waals surface area contributed by atoms with Crippen LogP contribution in [0.1, 0.15) is 76.7 Å². The molecule has 0 bridgehead atoms. The van der Waals surface area contributed by atoms with E-state index in [4.69, 9.17) is 18.9 Å². The molecule has 0 saturated heterocycles. The number of allylic oxidation sites excluding steroid dienone is 2. The van der Waals surface area contributed by atoms with Crippen LogP contribution >= 0.6 is 0 Å². The van der Waals surface area contributed by atoms with Crippen molar-refractivity contribution >= 4 is 18.2 Å². The number of ether oxygens (including phenoxy) is 4. The van der Waals surface area contributed by atoms with Gasteiger partial charge in [0.25, 0.3) is 10.2 Å². The number of aliphatic hydroxyl groups is 1. The van der Waals surface area contributed by atoms with Crippen LogP contribution in [0, 0.1) is 32.1 Å². The third-order valence-electron chi connectivity index (χ3n) is 8.12. The lowest BCUT2D eigenvalue weighted by atomic mass is 9.89. The molecule has 290 valence electrons. The first-order valence-corrected chi connectivity index (χ1v) is 17.6. The number of aryl methyl sites for hydroxylation is 1. The molecule has 1 aliphatic carbocycles. The summed E-state index contributed by atoms with van der Waals surface area (Å²) >= 11 is 0. The van der Waals surface area contributed by atoms with Crippen LogP contribution in [0.4, 0.5) is 9.59 Å². The first-order chi connectivity index (χ1) is 25.1. The molecule has 1 amide bonds. The highest BCUT2D eigenvalue weighted by Gasteiger charge is 2.46. The second-order valence-electron chi connectivity index (χ2n) is 12.0.